The summed E-state index contributed by atoms with van der Waals surface area (Å²) in [5.74, 6) is -1.14. The van der Waals surface area contributed by atoms with Crippen LogP contribution in [0.2, 0.25) is 0 Å². The van der Waals surface area contributed by atoms with E-state index in [2.05, 4.69) is 5.32 Å². The molecule has 0 unspecified atom stereocenters. The third-order valence-corrected chi connectivity index (χ3v) is 6.78. The van der Waals surface area contributed by atoms with E-state index in [0.29, 0.717) is 22.6 Å². The number of amides is 4. The number of aromatic nitrogens is 1. The molecular formula is C32H28FN3O4. The Hall–Kier alpha value is -4.98. The number of anilines is 1. The predicted octanol–water partition coefficient (Wildman–Crippen LogP) is 6.10. The zero-order chi connectivity index (χ0) is 28.6. The number of nitrogens with zero attached hydrogens (tertiary/aromatic N) is 2. The van der Waals surface area contributed by atoms with E-state index in [1.165, 1.54) is 12.1 Å². The van der Waals surface area contributed by atoms with Gasteiger partial charge in [-0.25, -0.2) is 14.1 Å². The van der Waals surface area contributed by atoms with E-state index in [1.54, 1.807) is 42.5 Å². The third-order valence-electron chi connectivity index (χ3n) is 6.78. The van der Waals surface area contributed by atoms with Crippen molar-refractivity contribution in [2.75, 3.05) is 4.90 Å². The number of ether oxygens (including phenoxy) is 1. The summed E-state index contributed by atoms with van der Waals surface area (Å²) in [5, 5.41) is 2.29. The van der Waals surface area contributed by atoms with Crippen molar-refractivity contribution in [3.8, 4) is 11.4 Å². The Labute approximate surface area is 231 Å². The Morgan fingerprint density at radius 3 is 2.20 bits per heavy atom. The number of aryl methyl sites for hydroxylation is 3. The van der Waals surface area contributed by atoms with Crippen LogP contribution in [0.15, 0.2) is 78.4 Å². The van der Waals surface area contributed by atoms with E-state index in [-0.39, 0.29) is 18.0 Å². The van der Waals surface area contributed by atoms with Gasteiger partial charge in [0.2, 0.25) is 0 Å². The number of urea groups is 1. The normalized spacial score (nSPS) is 14.6. The highest BCUT2D eigenvalue weighted by atomic mass is 19.1. The Morgan fingerprint density at radius 1 is 0.850 bits per heavy atom. The van der Waals surface area contributed by atoms with Crippen LogP contribution in [0.4, 0.5) is 14.9 Å². The smallest absolute Gasteiger partial charge is 0.335 e. The molecule has 0 bridgehead atoms. The number of benzene rings is 3. The fraction of sp³-hybridized carbons (Fsp3) is 0.156. The summed E-state index contributed by atoms with van der Waals surface area (Å²) in [5.41, 5.74) is 5.75. The van der Waals surface area contributed by atoms with E-state index >= 15 is 0 Å². The molecule has 202 valence electrons. The van der Waals surface area contributed by atoms with Crippen molar-refractivity contribution in [2.45, 2.75) is 34.3 Å². The van der Waals surface area contributed by atoms with Crippen LogP contribution in [0.1, 0.15) is 33.6 Å². The first-order valence-electron chi connectivity index (χ1n) is 12.8. The van der Waals surface area contributed by atoms with E-state index in [1.807, 2.05) is 56.5 Å². The van der Waals surface area contributed by atoms with Gasteiger partial charge in [0.25, 0.3) is 11.8 Å². The second kappa shape index (κ2) is 10.6. The van der Waals surface area contributed by atoms with Crippen molar-refractivity contribution in [3.63, 3.8) is 0 Å². The van der Waals surface area contributed by atoms with Crippen LogP contribution in [-0.2, 0) is 16.2 Å². The van der Waals surface area contributed by atoms with E-state index in [9.17, 15) is 18.8 Å². The van der Waals surface area contributed by atoms with Crippen LogP contribution in [0.5, 0.6) is 5.75 Å². The van der Waals surface area contributed by atoms with Crippen LogP contribution >= 0.6 is 0 Å². The number of hydrogen-bond acceptors (Lipinski definition) is 4. The molecule has 4 amide bonds. The molecule has 1 aromatic heterocycles. The first-order chi connectivity index (χ1) is 19.1. The summed E-state index contributed by atoms with van der Waals surface area (Å²) in [7, 11) is 0. The zero-order valence-corrected chi connectivity index (χ0v) is 22.6. The molecule has 40 heavy (non-hydrogen) atoms. The molecule has 4 aromatic rings. The maximum Gasteiger partial charge on any atom is 0.335 e. The van der Waals surface area contributed by atoms with Gasteiger partial charge in [0.1, 0.15) is 23.7 Å². The van der Waals surface area contributed by atoms with Crippen LogP contribution in [0.3, 0.4) is 0 Å². The molecule has 0 radical (unpaired) electrons. The fourth-order valence-electron chi connectivity index (χ4n) is 4.93. The van der Waals surface area contributed by atoms with Crippen molar-refractivity contribution >= 4 is 29.6 Å². The number of carbonyl (C=O) groups is 3. The summed E-state index contributed by atoms with van der Waals surface area (Å²) in [4.78, 5) is 39.8. The molecule has 0 aliphatic carbocycles. The lowest BCUT2D eigenvalue weighted by molar-refractivity contribution is -0.122. The number of imide groups is 2. The Balaban J connectivity index is 1.41. The minimum atomic E-state index is -0.778. The minimum Gasteiger partial charge on any atom is -0.489 e. The van der Waals surface area contributed by atoms with Gasteiger partial charge < -0.3 is 9.30 Å². The topological polar surface area (TPSA) is 80.6 Å². The van der Waals surface area contributed by atoms with Gasteiger partial charge >= 0.3 is 6.03 Å². The number of hydrogen-bond donors (Lipinski definition) is 1. The van der Waals surface area contributed by atoms with Crippen molar-refractivity contribution in [3.05, 3.63) is 118 Å². The Bertz CT molecular complexity index is 1660. The summed E-state index contributed by atoms with van der Waals surface area (Å²) in [6.07, 6.45) is 1.52. The van der Waals surface area contributed by atoms with Crippen molar-refractivity contribution in [1.82, 2.24) is 9.88 Å². The molecule has 7 nitrogen and oxygen atoms in total. The van der Waals surface area contributed by atoms with E-state index < -0.39 is 17.8 Å². The van der Waals surface area contributed by atoms with E-state index in [4.69, 9.17) is 4.74 Å². The average Bonchev–Trinajstić information content (AvgIpc) is 3.18. The number of nitrogens with one attached hydrogen (secondary N) is 1. The van der Waals surface area contributed by atoms with Gasteiger partial charge in [-0.3, -0.25) is 14.9 Å². The summed E-state index contributed by atoms with van der Waals surface area (Å²) < 4.78 is 21.6. The zero-order valence-electron chi connectivity index (χ0n) is 22.6. The molecule has 1 aliphatic heterocycles. The minimum absolute atomic E-state index is 0.114. The highest BCUT2D eigenvalue weighted by molar-refractivity contribution is 6.39. The third kappa shape index (κ3) is 5.16. The van der Waals surface area contributed by atoms with Gasteiger partial charge in [-0.05, 0) is 99.0 Å². The van der Waals surface area contributed by atoms with Gasteiger partial charge in [0.15, 0.2) is 0 Å². The lowest BCUT2D eigenvalue weighted by Gasteiger charge is -2.27. The van der Waals surface area contributed by atoms with Crippen LogP contribution in [0.25, 0.3) is 11.8 Å². The summed E-state index contributed by atoms with van der Waals surface area (Å²) in [6, 6.07) is 20.3. The number of rotatable bonds is 6. The fourth-order valence-corrected chi connectivity index (χ4v) is 4.93. The van der Waals surface area contributed by atoms with Crippen molar-refractivity contribution in [1.29, 1.82) is 0 Å². The van der Waals surface area contributed by atoms with Crippen LogP contribution in [-0.4, -0.2) is 22.4 Å². The molecule has 0 saturated carbocycles. The quantitative estimate of drug-likeness (QED) is 0.238. The van der Waals surface area contributed by atoms with Crippen molar-refractivity contribution < 1.29 is 23.5 Å². The van der Waals surface area contributed by atoms with Gasteiger partial charge in [-0.15, -0.1) is 0 Å². The molecule has 1 N–H and O–H groups in total. The lowest BCUT2D eigenvalue weighted by Crippen LogP contribution is -2.54. The average molecular weight is 538 g/mol. The number of halogens is 1. The van der Waals surface area contributed by atoms with Gasteiger partial charge in [-0.1, -0.05) is 24.3 Å². The molecular weight excluding hydrogens is 509 g/mol. The molecule has 8 heteroatoms. The molecule has 1 saturated heterocycles. The number of barbiturate groups is 1. The molecule has 5 rings (SSSR count). The highest BCUT2D eigenvalue weighted by Crippen LogP contribution is 2.28. The molecule has 3 aromatic carbocycles. The Morgan fingerprint density at radius 2 is 1.52 bits per heavy atom. The molecule has 1 fully saturated rings. The number of carbonyl (C=O) groups excluding carboxylic acids is 3. The lowest BCUT2D eigenvalue weighted by atomic mass is 10.1. The summed E-state index contributed by atoms with van der Waals surface area (Å²) in [6.45, 7) is 7.68. The second-order valence-corrected chi connectivity index (χ2v) is 9.84. The first-order valence-corrected chi connectivity index (χ1v) is 12.8. The van der Waals surface area contributed by atoms with Gasteiger partial charge in [0, 0.05) is 22.6 Å². The highest BCUT2D eigenvalue weighted by Gasteiger charge is 2.37. The van der Waals surface area contributed by atoms with Crippen LogP contribution < -0.4 is 15.0 Å². The van der Waals surface area contributed by atoms with E-state index in [0.717, 1.165) is 33.1 Å². The molecule has 2 heterocycles. The van der Waals surface area contributed by atoms with Gasteiger partial charge in [0.05, 0.1) is 5.69 Å². The summed E-state index contributed by atoms with van der Waals surface area (Å²) >= 11 is 0. The first kappa shape index (κ1) is 26.6. The monoisotopic (exact) mass is 537 g/mol. The van der Waals surface area contributed by atoms with Crippen LogP contribution in [0, 0.1) is 33.5 Å². The Kier molecular flexibility index (Phi) is 7.09. The SMILES string of the molecule is Cc1cc(C)cc(N2C(=O)NC(=O)/C(=C\c3cc(C)n(-c4ccc(OCc5ccccc5F)cc4)c3C)C2=O)c1. The molecule has 0 spiro atoms. The standard InChI is InChI=1S/C32H28FN3O4/c1-19-13-20(2)15-26(14-19)36-31(38)28(30(37)34-32(36)39)17-24-16-21(3)35(22(24)4)25-9-11-27(12-10-25)40-18-23-7-5-6-8-29(23)33/h5-17H,18H2,1-4H3,(H,34,37,39)/b28-17+. The maximum atomic E-state index is 13.9. The maximum absolute atomic E-state index is 13.9. The molecule has 0 atom stereocenters. The van der Waals surface area contributed by atoms with Crippen molar-refractivity contribution in [2.24, 2.45) is 0 Å². The van der Waals surface area contributed by atoms with Gasteiger partial charge in [-0.2, -0.15) is 0 Å². The second-order valence-electron chi connectivity index (χ2n) is 9.84. The molecule has 1 aliphatic rings. The predicted molar refractivity (Wildman–Crippen MR) is 151 cm³/mol. The largest absolute Gasteiger partial charge is 0.489 e.